The third kappa shape index (κ3) is 32.7. The number of ketones is 1. The minimum Gasteiger partial charge on any atom is -0.466 e. The van der Waals surface area contributed by atoms with E-state index in [-0.39, 0.29) is 5.97 Å². The fourth-order valence-corrected chi connectivity index (χ4v) is 2.96. The molecule has 0 atom stereocenters. The molecule has 0 N–H and O–H groups in total. The van der Waals surface area contributed by atoms with E-state index in [0.717, 1.165) is 32.3 Å². The smallest absolute Gasteiger partial charge is 0.302 e. The summed E-state index contributed by atoms with van der Waals surface area (Å²) in [4.78, 5) is 21.1. The molecule has 28 heavy (non-hydrogen) atoms. The van der Waals surface area contributed by atoms with Crippen LogP contribution in [-0.4, -0.2) is 32.1 Å². The van der Waals surface area contributed by atoms with Crippen molar-refractivity contribution in [1.29, 1.82) is 0 Å². The summed E-state index contributed by atoms with van der Waals surface area (Å²) in [5.41, 5.74) is 0. The Hall–Kier alpha value is -0.900. The maximum atomic E-state index is 10.6. The molecule has 168 valence electrons. The molecular formula is C24H48O4. The number of hydrogen-bond donors (Lipinski definition) is 0. The largest absolute Gasteiger partial charge is 0.466 e. The number of Topliss-reactive ketones (excluding diaryl/α,β-unsaturated/α-hetero) is 1. The summed E-state index contributed by atoms with van der Waals surface area (Å²) < 4.78 is 9.82. The van der Waals surface area contributed by atoms with Crippen molar-refractivity contribution in [3.63, 3.8) is 0 Å². The second-order valence-corrected chi connectivity index (χ2v) is 7.73. The first kappa shape index (κ1) is 29.3. The normalized spacial score (nSPS) is 10.3. The first-order valence-corrected chi connectivity index (χ1v) is 11.7. The quantitative estimate of drug-likeness (QED) is 0.172. The fourth-order valence-electron chi connectivity index (χ4n) is 2.96. The lowest BCUT2D eigenvalue weighted by Gasteiger charge is -2.02. The predicted molar refractivity (Wildman–Crippen MR) is 119 cm³/mol. The number of ether oxygens (including phenoxy) is 2. The van der Waals surface area contributed by atoms with Crippen LogP contribution in [0.1, 0.15) is 124 Å². The molecule has 0 aliphatic heterocycles. The van der Waals surface area contributed by atoms with Crippen LogP contribution in [0.3, 0.4) is 0 Å². The number of hydrogen-bond acceptors (Lipinski definition) is 4. The summed E-state index contributed by atoms with van der Waals surface area (Å²) in [5, 5.41) is 0. The SMILES string of the molecule is CCCCCCCCCCC(C)=O.COCCCCCCCCCOC(C)=O. The molecule has 0 spiro atoms. The van der Waals surface area contributed by atoms with Crippen LogP contribution in [0.5, 0.6) is 0 Å². The van der Waals surface area contributed by atoms with E-state index in [0.29, 0.717) is 12.4 Å². The molecule has 0 saturated heterocycles. The molecule has 0 bridgehead atoms. The zero-order valence-corrected chi connectivity index (χ0v) is 19.4. The first-order valence-electron chi connectivity index (χ1n) is 11.7. The number of esters is 1. The van der Waals surface area contributed by atoms with Gasteiger partial charge in [0.25, 0.3) is 0 Å². The summed E-state index contributed by atoms with van der Waals surface area (Å²) in [6, 6.07) is 0. The lowest BCUT2D eigenvalue weighted by molar-refractivity contribution is -0.141. The van der Waals surface area contributed by atoms with Gasteiger partial charge in [0.05, 0.1) is 6.61 Å². The van der Waals surface area contributed by atoms with Gasteiger partial charge in [0.15, 0.2) is 0 Å². The number of carbonyl (C=O) groups is 2. The molecular weight excluding hydrogens is 352 g/mol. The van der Waals surface area contributed by atoms with Crippen molar-refractivity contribution < 1.29 is 19.1 Å². The Morgan fingerprint density at radius 3 is 1.46 bits per heavy atom. The monoisotopic (exact) mass is 400 g/mol. The van der Waals surface area contributed by atoms with Gasteiger partial charge in [0, 0.05) is 27.1 Å². The van der Waals surface area contributed by atoms with Crippen LogP contribution in [0.15, 0.2) is 0 Å². The van der Waals surface area contributed by atoms with Crippen LogP contribution in [0.2, 0.25) is 0 Å². The van der Waals surface area contributed by atoms with Crippen LogP contribution in [0.4, 0.5) is 0 Å². The van der Waals surface area contributed by atoms with Gasteiger partial charge in [-0.25, -0.2) is 0 Å². The highest BCUT2D eigenvalue weighted by molar-refractivity contribution is 5.75. The van der Waals surface area contributed by atoms with Gasteiger partial charge in [-0.05, 0) is 26.2 Å². The molecule has 0 fully saturated rings. The van der Waals surface area contributed by atoms with Crippen molar-refractivity contribution in [2.24, 2.45) is 0 Å². The van der Waals surface area contributed by atoms with Crippen LogP contribution in [-0.2, 0) is 19.1 Å². The predicted octanol–water partition coefficient (Wildman–Crippen LogP) is 7.03. The molecule has 4 nitrogen and oxygen atoms in total. The zero-order chi connectivity index (χ0) is 21.3. The van der Waals surface area contributed by atoms with E-state index >= 15 is 0 Å². The zero-order valence-electron chi connectivity index (χ0n) is 19.4. The molecule has 0 aromatic rings. The van der Waals surface area contributed by atoms with Gasteiger partial charge in [0.2, 0.25) is 0 Å². The average molecular weight is 401 g/mol. The molecule has 0 saturated carbocycles. The summed E-state index contributed by atoms with van der Waals surface area (Å²) in [7, 11) is 1.75. The van der Waals surface area contributed by atoms with Crippen molar-refractivity contribution in [2.45, 2.75) is 124 Å². The standard InChI is InChI=1S/C12H24O3.C12H24O/c1-12(13)15-11-9-7-5-3-4-6-8-10-14-2;1-3-4-5-6-7-8-9-10-11-12(2)13/h3-11H2,1-2H3;3-11H2,1-2H3. The molecule has 0 radical (unpaired) electrons. The Bertz CT molecular complexity index is 329. The summed E-state index contributed by atoms with van der Waals surface area (Å²) in [6.45, 7) is 6.84. The maximum Gasteiger partial charge on any atom is 0.302 e. The van der Waals surface area contributed by atoms with Crippen LogP contribution < -0.4 is 0 Å². The highest BCUT2D eigenvalue weighted by atomic mass is 16.5. The number of rotatable bonds is 19. The second-order valence-electron chi connectivity index (χ2n) is 7.73. The van der Waals surface area contributed by atoms with E-state index in [2.05, 4.69) is 6.92 Å². The van der Waals surface area contributed by atoms with Crippen molar-refractivity contribution in [1.82, 2.24) is 0 Å². The van der Waals surface area contributed by atoms with Crippen molar-refractivity contribution in [2.75, 3.05) is 20.3 Å². The summed E-state index contributed by atoms with van der Waals surface area (Å²) >= 11 is 0. The maximum absolute atomic E-state index is 10.6. The number of unbranched alkanes of at least 4 members (excludes halogenated alkanes) is 13. The van der Waals surface area contributed by atoms with Gasteiger partial charge in [-0.15, -0.1) is 0 Å². The van der Waals surface area contributed by atoms with E-state index in [1.54, 1.807) is 14.0 Å². The van der Waals surface area contributed by atoms with E-state index in [4.69, 9.17) is 9.47 Å². The summed E-state index contributed by atoms with van der Waals surface area (Å²) in [6.07, 6.45) is 19.7. The molecule has 0 aromatic heterocycles. The minimum atomic E-state index is -0.172. The minimum absolute atomic E-state index is 0.172. The van der Waals surface area contributed by atoms with Crippen molar-refractivity contribution >= 4 is 11.8 Å². The van der Waals surface area contributed by atoms with E-state index in [1.807, 2.05) is 0 Å². The third-order valence-electron chi connectivity index (χ3n) is 4.68. The lowest BCUT2D eigenvalue weighted by atomic mass is 10.1. The molecule has 0 amide bonds. The van der Waals surface area contributed by atoms with Gasteiger partial charge < -0.3 is 14.3 Å². The first-order chi connectivity index (χ1) is 13.5. The fraction of sp³-hybridized carbons (Fsp3) is 0.917. The molecule has 0 aliphatic rings. The molecule has 0 rings (SSSR count). The Labute approximate surface area is 175 Å². The Balaban J connectivity index is 0. The highest BCUT2D eigenvalue weighted by Gasteiger charge is 1.95. The Morgan fingerprint density at radius 2 is 1.04 bits per heavy atom. The lowest BCUT2D eigenvalue weighted by Crippen LogP contribution is -2.00. The van der Waals surface area contributed by atoms with E-state index < -0.39 is 0 Å². The van der Waals surface area contributed by atoms with Crippen LogP contribution in [0.25, 0.3) is 0 Å². The molecule has 0 unspecified atom stereocenters. The van der Waals surface area contributed by atoms with Gasteiger partial charge in [0.1, 0.15) is 5.78 Å². The van der Waals surface area contributed by atoms with Gasteiger partial charge >= 0.3 is 5.97 Å². The highest BCUT2D eigenvalue weighted by Crippen LogP contribution is 2.09. The Kier molecular flexibility index (Phi) is 27.3. The molecule has 0 aliphatic carbocycles. The van der Waals surface area contributed by atoms with Crippen LogP contribution >= 0.6 is 0 Å². The van der Waals surface area contributed by atoms with Crippen molar-refractivity contribution in [3.05, 3.63) is 0 Å². The number of methoxy groups -OCH3 is 1. The topological polar surface area (TPSA) is 52.6 Å². The van der Waals surface area contributed by atoms with Gasteiger partial charge in [-0.2, -0.15) is 0 Å². The van der Waals surface area contributed by atoms with Crippen molar-refractivity contribution in [3.8, 4) is 0 Å². The molecule has 0 heterocycles. The van der Waals surface area contributed by atoms with Gasteiger partial charge in [-0.1, -0.05) is 84.0 Å². The van der Waals surface area contributed by atoms with E-state index in [1.165, 1.54) is 84.0 Å². The average Bonchev–Trinajstić information content (AvgIpc) is 2.65. The van der Waals surface area contributed by atoms with Crippen LogP contribution in [0, 0.1) is 0 Å². The third-order valence-corrected chi connectivity index (χ3v) is 4.68. The van der Waals surface area contributed by atoms with Gasteiger partial charge in [-0.3, -0.25) is 4.79 Å². The Morgan fingerprint density at radius 1 is 0.607 bits per heavy atom. The van der Waals surface area contributed by atoms with E-state index in [9.17, 15) is 9.59 Å². The number of carbonyl (C=O) groups excluding carboxylic acids is 2. The molecule has 0 aromatic carbocycles. The molecule has 4 heteroatoms. The summed E-state index contributed by atoms with van der Waals surface area (Å²) in [5.74, 6) is 0.167. The second kappa shape index (κ2) is 26.1.